The van der Waals surface area contributed by atoms with Crippen LogP contribution in [0.2, 0.25) is 0 Å². The number of hydrogen-bond acceptors (Lipinski definition) is 6. The van der Waals surface area contributed by atoms with Crippen molar-refractivity contribution in [1.29, 1.82) is 0 Å². The predicted octanol–water partition coefficient (Wildman–Crippen LogP) is 6.17. The Bertz CT molecular complexity index is 1390. The summed E-state index contributed by atoms with van der Waals surface area (Å²) < 4.78 is 12.0. The summed E-state index contributed by atoms with van der Waals surface area (Å²) in [6.07, 6.45) is 1.67. The molecule has 0 unspecified atom stereocenters. The van der Waals surface area contributed by atoms with Gasteiger partial charge in [0, 0.05) is 5.69 Å². The Labute approximate surface area is 233 Å². The Morgan fingerprint density at radius 2 is 1.81 bits per heavy atom. The quantitative estimate of drug-likeness (QED) is 0.237. The van der Waals surface area contributed by atoms with Gasteiger partial charge in [-0.2, -0.15) is 0 Å². The first kappa shape index (κ1) is 26.7. The van der Waals surface area contributed by atoms with E-state index in [0.29, 0.717) is 31.2 Å². The van der Waals surface area contributed by atoms with Gasteiger partial charge in [0.1, 0.15) is 0 Å². The zero-order valence-electron chi connectivity index (χ0n) is 20.5. The summed E-state index contributed by atoms with van der Waals surface area (Å²) in [6.45, 7) is 3.96. The number of hydrogen-bond donors (Lipinski definition) is 1. The van der Waals surface area contributed by atoms with E-state index in [2.05, 4.69) is 27.9 Å². The van der Waals surface area contributed by atoms with E-state index in [9.17, 15) is 14.4 Å². The van der Waals surface area contributed by atoms with Crippen LogP contribution in [0.1, 0.15) is 22.3 Å². The zero-order valence-corrected chi connectivity index (χ0v) is 23.5. The maximum absolute atomic E-state index is 13.0. The van der Waals surface area contributed by atoms with Gasteiger partial charge in [-0.15, -0.1) is 0 Å². The molecule has 1 fully saturated rings. The third kappa shape index (κ3) is 6.72. The van der Waals surface area contributed by atoms with E-state index in [0.717, 1.165) is 28.5 Å². The summed E-state index contributed by atoms with van der Waals surface area (Å²) in [5.41, 5.74) is 4.41. The van der Waals surface area contributed by atoms with Crippen molar-refractivity contribution in [3.8, 4) is 11.5 Å². The van der Waals surface area contributed by atoms with Gasteiger partial charge in [-0.05, 0) is 95.2 Å². The van der Waals surface area contributed by atoms with Crippen LogP contribution in [0.25, 0.3) is 6.08 Å². The van der Waals surface area contributed by atoms with Crippen LogP contribution < -0.4 is 14.8 Å². The maximum Gasteiger partial charge on any atom is 0.293 e. The second-order valence-electron chi connectivity index (χ2n) is 8.49. The lowest BCUT2D eigenvalue weighted by Gasteiger charge is -2.14. The number of amides is 3. The average Bonchev–Trinajstić information content (AvgIpc) is 3.11. The van der Waals surface area contributed by atoms with Crippen LogP contribution in [-0.2, 0) is 16.1 Å². The molecule has 0 aromatic heterocycles. The molecule has 9 heteroatoms. The lowest BCUT2D eigenvalue weighted by molar-refractivity contribution is -0.123. The van der Waals surface area contributed by atoms with Gasteiger partial charge in [0.25, 0.3) is 17.1 Å². The molecule has 3 amide bonds. The van der Waals surface area contributed by atoms with Crippen molar-refractivity contribution in [2.45, 2.75) is 20.4 Å². The number of nitrogens with one attached hydrogen (secondary N) is 1. The number of ether oxygens (including phenoxy) is 2. The van der Waals surface area contributed by atoms with Gasteiger partial charge < -0.3 is 14.8 Å². The average molecular weight is 628 g/mol. The van der Waals surface area contributed by atoms with E-state index >= 15 is 0 Å². The summed E-state index contributed by atoms with van der Waals surface area (Å²) in [5.74, 6) is 0.208. The third-order valence-corrected chi connectivity index (χ3v) is 7.24. The van der Waals surface area contributed by atoms with Gasteiger partial charge in [0.05, 0.1) is 22.1 Å². The van der Waals surface area contributed by atoms with Crippen molar-refractivity contribution in [2.24, 2.45) is 0 Å². The molecule has 1 heterocycles. The van der Waals surface area contributed by atoms with Crippen molar-refractivity contribution >= 4 is 63.2 Å². The monoisotopic (exact) mass is 628 g/mol. The number of methoxy groups -OCH3 is 1. The standard InChI is InChI=1S/C28H25IN2O5S/c1-17-7-9-19(10-8-17)15-31-27(33)24(37-28(31)34)14-20-12-22(29)26(23(13-20)35-3)36-16-25(32)30-21-6-4-5-18(2)11-21/h4-14H,15-16H2,1-3H3,(H,30,32)/b24-14-. The van der Waals surface area contributed by atoms with Crippen molar-refractivity contribution in [2.75, 3.05) is 19.0 Å². The summed E-state index contributed by atoms with van der Waals surface area (Å²) in [6, 6.07) is 18.8. The lowest BCUT2D eigenvalue weighted by atomic mass is 10.1. The van der Waals surface area contributed by atoms with E-state index in [-0.39, 0.29) is 30.2 Å². The van der Waals surface area contributed by atoms with Crippen LogP contribution in [-0.4, -0.2) is 35.7 Å². The van der Waals surface area contributed by atoms with Gasteiger partial charge in [0.2, 0.25) is 0 Å². The molecule has 0 aliphatic carbocycles. The number of halogens is 1. The summed E-state index contributed by atoms with van der Waals surface area (Å²) in [7, 11) is 1.50. The summed E-state index contributed by atoms with van der Waals surface area (Å²) in [5, 5.41) is 2.50. The second kappa shape index (κ2) is 11.8. The number of benzene rings is 3. The van der Waals surface area contributed by atoms with E-state index in [1.165, 1.54) is 12.0 Å². The molecule has 4 rings (SSSR count). The maximum atomic E-state index is 13.0. The Hall–Kier alpha value is -3.31. The van der Waals surface area contributed by atoms with Crippen LogP contribution in [0.5, 0.6) is 11.5 Å². The highest BCUT2D eigenvalue weighted by Gasteiger charge is 2.35. The van der Waals surface area contributed by atoms with Crippen molar-refractivity contribution < 1.29 is 23.9 Å². The number of nitrogens with zero attached hydrogens (tertiary/aromatic N) is 1. The first-order valence-electron chi connectivity index (χ1n) is 11.4. The van der Waals surface area contributed by atoms with E-state index < -0.39 is 0 Å². The Morgan fingerprint density at radius 3 is 2.51 bits per heavy atom. The van der Waals surface area contributed by atoms with E-state index in [4.69, 9.17) is 9.47 Å². The van der Waals surface area contributed by atoms with Crippen LogP contribution in [0.3, 0.4) is 0 Å². The van der Waals surface area contributed by atoms with E-state index in [1.807, 2.05) is 68.4 Å². The molecule has 1 N–H and O–H groups in total. The van der Waals surface area contributed by atoms with Gasteiger partial charge >= 0.3 is 0 Å². The zero-order chi connectivity index (χ0) is 26.5. The number of aryl methyl sites for hydroxylation is 2. The fraction of sp³-hybridized carbons (Fsp3) is 0.179. The molecule has 1 aliphatic heterocycles. The van der Waals surface area contributed by atoms with Crippen molar-refractivity contribution in [3.05, 3.63) is 91.4 Å². The molecule has 1 aliphatic rings. The highest BCUT2D eigenvalue weighted by molar-refractivity contribution is 14.1. The van der Waals surface area contributed by atoms with Gasteiger partial charge in [-0.3, -0.25) is 19.3 Å². The molecule has 0 atom stereocenters. The smallest absolute Gasteiger partial charge is 0.293 e. The van der Waals surface area contributed by atoms with Crippen LogP contribution in [0.4, 0.5) is 10.5 Å². The largest absolute Gasteiger partial charge is 0.493 e. The van der Waals surface area contributed by atoms with Gasteiger partial charge in [-0.1, -0.05) is 42.0 Å². The fourth-order valence-electron chi connectivity index (χ4n) is 3.68. The van der Waals surface area contributed by atoms with Crippen LogP contribution in [0, 0.1) is 17.4 Å². The van der Waals surface area contributed by atoms with Gasteiger partial charge in [-0.25, -0.2) is 0 Å². The molecule has 7 nitrogen and oxygen atoms in total. The number of carbonyl (C=O) groups excluding carboxylic acids is 3. The van der Waals surface area contributed by atoms with Crippen molar-refractivity contribution in [1.82, 2.24) is 4.90 Å². The minimum Gasteiger partial charge on any atom is -0.493 e. The number of anilines is 1. The molecule has 0 radical (unpaired) electrons. The molecule has 37 heavy (non-hydrogen) atoms. The highest BCUT2D eigenvalue weighted by Crippen LogP contribution is 2.37. The normalized spacial score (nSPS) is 14.3. The SMILES string of the molecule is COc1cc(/C=C2\SC(=O)N(Cc3ccc(C)cc3)C2=O)cc(I)c1OCC(=O)Nc1cccc(C)c1. The molecule has 3 aromatic rings. The Balaban J connectivity index is 1.46. The minimum absolute atomic E-state index is 0.197. The number of thioether (sulfide) groups is 1. The molecule has 190 valence electrons. The summed E-state index contributed by atoms with van der Waals surface area (Å²) >= 11 is 3.00. The number of carbonyl (C=O) groups is 3. The molecular formula is C28H25IN2O5S. The Morgan fingerprint density at radius 1 is 1.05 bits per heavy atom. The summed E-state index contributed by atoms with van der Waals surface area (Å²) in [4.78, 5) is 39.5. The first-order chi connectivity index (χ1) is 17.7. The molecular weight excluding hydrogens is 603 g/mol. The fourth-order valence-corrected chi connectivity index (χ4v) is 5.30. The third-order valence-electron chi connectivity index (χ3n) is 5.53. The van der Waals surface area contributed by atoms with Gasteiger partial charge in [0.15, 0.2) is 18.1 Å². The van der Waals surface area contributed by atoms with Crippen LogP contribution in [0.15, 0.2) is 65.6 Å². The lowest BCUT2D eigenvalue weighted by Crippen LogP contribution is -2.27. The van der Waals surface area contributed by atoms with Crippen molar-refractivity contribution in [3.63, 3.8) is 0 Å². The molecule has 0 saturated carbocycles. The number of rotatable bonds is 8. The molecule has 0 bridgehead atoms. The Kier molecular flexibility index (Phi) is 8.55. The van der Waals surface area contributed by atoms with E-state index in [1.54, 1.807) is 12.1 Å². The number of imide groups is 1. The molecule has 0 spiro atoms. The second-order valence-corrected chi connectivity index (χ2v) is 10.6. The highest BCUT2D eigenvalue weighted by atomic mass is 127. The molecule has 1 saturated heterocycles. The topological polar surface area (TPSA) is 84.9 Å². The minimum atomic E-state index is -0.335. The first-order valence-corrected chi connectivity index (χ1v) is 13.3. The predicted molar refractivity (Wildman–Crippen MR) is 154 cm³/mol. The van der Waals surface area contributed by atoms with Crippen LogP contribution >= 0.6 is 34.4 Å². The molecule has 3 aromatic carbocycles.